The molecule has 11 heteroatoms. The van der Waals surface area contributed by atoms with Crippen molar-refractivity contribution in [3.8, 4) is 17.2 Å². The highest BCUT2D eigenvalue weighted by atomic mass is 35.5. The number of para-hydroxylation sites is 1. The molecule has 2 aromatic heterocycles. The average molecular weight is 593 g/mol. The fourth-order valence-corrected chi connectivity index (χ4v) is 4.77. The lowest BCUT2D eigenvalue weighted by atomic mass is 9.84. The van der Waals surface area contributed by atoms with E-state index in [4.69, 9.17) is 4.74 Å². The molecule has 42 heavy (non-hydrogen) atoms. The average Bonchev–Trinajstić information content (AvgIpc) is 3.55. The van der Waals surface area contributed by atoms with Gasteiger partial charge in [-0.1, -0.05) is 39.0 Å². The van der Waals surface area contributed by atoms with E-state index in [0.717, 1.165) is 27.7 Å². The van der Waals surface area contributed by atoms with Crippen molar-refractivity contribution in [2.45, 2.75) is 46.2 Å². The zero-order chi connectivity index (χ0) is 29.1. The maximum atomic E-state index is 14.2. The molecule has 2 amide bonds. The summed E-state index contributed by atoms with van der Waals surface area (Å²) in [6, 6.07) is 17.0. The van der Waals surface area contributed by atoms with Crippen LogP contribution in [0.15, 0.2) is 73.1 Å². The lowest BCUT2D eigenvalue weighted by Crippen LogP contribution is -2.29. The number of aliphatic hydroxyl groups is 1. The number of aliphatic hydroxyl groups excluding tert-OH is 1. The van der Waals surface area contributed by atoms with Crippen LogP contribution in [0.4, 0.5) is 15.0 Å². The molecule has 3 aromatic carbocycles. The lowest BCUT2D eigenvalue weighted by Gasteiger charge is -2.25. The van der Waals surface area contributed by atoms with Crippen molar-refractivity contribution in [2.75, 3.05) is 11.9 Å². The monoisotopic (exact) mass is 592 g/mol. The predicted octanol–water partition coefficient (Wildman–Crippen LogP) is 6.50. The van der Waals surface area contributed by atoms with E-state index in [9.17, 15) is 14.3 Å². The van der Waals surface area contributed by atoms with Crippen molar-refractivity contribution in [3.05, 3.63) is 95.6 Å². The Labute approximate surface area is 249 Å². The molecule has 5 rings (SSSR count). The molecule has 0 unspecified atom stereocenters. The number of benzene rings is 3. The van der Waals surface area contributed by atoms with Gasteiger partial charge in [0, 0.05) is 23.6 Å². The number of urea groups is 1. The number of carbonyl (C=O) groups excluding carboxylic acids is 1. The molecule has 0 atom stereocenters. The van der Waals surface area contributed by atoms with E-state index in [1.54, 1.807) is 33.9 Å². The van der Waals surface area contributed by atoms with E-state index in [1.165, 1.54) is 18.2 Å². The largest absolute Gasteiger partial charge is 0.457 e. The van der Waals surface area contributed by atoms with Gasteiger partial charge in [0.05, 0.1) is 36.7 Å². The number of fused-ring (bicyclic) bond motifs is 1. The smallest absolute Gasteiger partial charge is 0.320 e. The topological polar surface area (TPSA) is 106 Å². The van der Waals surface area contributed by atoms with Crippen LogP contribution in [0.5, 0.6) is 11.5 Å². The Morgan fingerprint density at radius 2 is 1.88 bits per heavy atom. The van der Waals surface area contributed by atoms with Gasteiger partial charge in [0.1, 0.15) is 23.1 Å². The number of rotatable bonds is 8. The molecule has 2 heterocycles. The number of hydrogen-bond donors (Lipinski definition) is 3. The van der Waals surface area contributed by atoms with Crippen LogP contribution in [0.1, 0.15) is 37.5 Å². The number of aromatic nitrogens is 4. The molecule has 0 aliphatic heterocycles. The maximum absolute atomic E-state index is 14.2. The number of halogens is 2. The number of carbonyl (C=O) groups is 1. The quantitative estimate of drug-likeness (QED) is 0.191. The van der Waals surface area contributed by atoms with Crippen molar-refractivity contribution in [2.24, 2.45) is 0 Å². The number of amides is 2. The van der Waals surface area contributed by atoms with Crippen LogP contribution in [-0.2, 0) is 18.5 Å². The molecule has 0 bridgehead atoms. The first-order chi connectivity index (χ1) is 19.6. The molecule has 0 spiro atoms. The second kappa shape index (κ2) is 12.6. The third-order valence-corrected chi connectivity index (χ3v) is 6.76. The summed E-state index contributed by atoms with van der Waals surface area (Å²) in [5, 5.41) is 24.5. The summed E-state index contributed by atoms with van der Waals surface area (Å²) in [5.41, 5.74) is 4.25. The summed E-state index contributed by atoms with van der Waals surface area (Å²) < 4.78 is 23.7. The van der Waals surface area contributed by atoms with Gasteiger partial charge in [-0.05, 0) is 59.9 Å². The molecular weight excluding hydrogens is 559 g/mol. The van der Waals surface area contributed by atoms with Crippen LogP contribution < -0.4 is 15.4 Å². The van der Waals surface area contributed by atoms with Gasteiger partial charge >= 0.3 is 6.03 Å². The SMILES string of the molecule is Cc1cccc(C(C)(C)C)c1-n1nccc1NC(=O)NCc1cc(F)ccc1Oc1ccc2c(cnn2CCO)c1.Cl. The first kappa shape index (κ1) is 30.5. The van der Waals surface area contributed by atoms with Gasteiger partial charge in [-0.25, -0.2) is 13.9 Å². The van der Waals surface area contributed by atoms with Crippen molar-refractivity contribution < 1.29 is 19.0 Å². The first-order valence-electron chi connectivity index (χ1n) is 13.4. The first-order valence-corrected chi connectivity index (χ1v) is 13.4. The number of hydrogen-bond acceptors (Lipinski definition) is 5. The summed E-state index contributed by atoms with van der Waals surface area (Å²) in [5.74, 6) is 1.01. The Morgan fingerprint density at radius 3 is 2.64 bits per heavy atom. The normalized spacial score (nSPS) is 11.3. The van der Waals surface area contributed by atoms with Gasteiger partial charge in [0.15, 0.2) is 0 Å². The Bertz CT molecular complexity index is 1710. The Hall–Kier alpha value is -4.41. The fourth-order valence-electron chi connectivity index (χ4n) is 4.77. The van der Waals surface area contributed by atoms with Crippen molar-refractivity contribution in [1.82, 2.24) is 24.9 Å². The van der Waals surface area contributed by atoms with Crippen LogP contribution >= 0.6 is 12.4 Å². The van der Waals surface area contributed by atoms with E-state index in [1.807, 2.05) is 31.2 Å². The van der Waals surface area contributed by atoms with Gasteiger partial charge in [-0.3, -0.25) is 10.00 Å². The minimum atomic E-state index is -0.467. The van der Waals surface area contributed by atoms with Gasteiger partial charge in [0.2, 0.25) is 0 Å². The van der Waals surface area contributed by atoms with E-state index in [2.05, 4.69) is 47.7 Å². The molecule has 0 fully saturated rings. The zero-order valence-corrected chi connectivity index (χ0v) is 24.7. The second-order valence-electron chi connectivity index (χ2n) is 10.8. The molecule has 9 nitrogen and oxygen atoms in total. The third-order valence-electron chi connectivity index (χ3n) is 6.76. The second-order valence-corrected chi connectivity index (χ2v) is 10.8. The summed E-state index contributed by atoms with van der Waals surface area (Å²) in [7, 11) is 0. The number of ether oxygens (including phenoxy) is 1. The van der Waals surface area contributed by atoms with Crippen molar-refractivity contribution in [3.63, 3.8) is 0 Å². The highest BCUT2D eigenvalue weighted by Gasteiger charge is 2.22. The number of nitrogens with one attached hydrogen (secondary N) is 2. The van der Waals surface area contributed by atoms with Crippen LogP contribution in [0, 0.1) is 12.7 Å². The molecule has 220 valence electrons. The van der Waals surface area contributed by atoms with Crippen LogP contribution in [0.3, 0.4) is 0 Å². The summed E-state index contributed by atoms with van der Waals surface area (Å²) in [6.45, 7) is 8.83. The number of aryl methyl sites for hydroxylation is 1. The summed E-state index contributed by atoms with van der Waals surface area (Å²) in [6.07, 6.45) is 3.33. The standard InChI is InChI=1S/C31H33FN6O3.ClH/c1-20-6-5-7-25(31(2,3)4)29(20)38-28(12-13-34-38)36-30(40)33-18-22-16-23(32)8-11-27(22)41-24-9-10-26-21(17-24)19-35-37(26)14-15-39;/h5-13,16-17,19,39H,14-15,18H2,1-4H3,(H2,33,36,40);1H. The molecular formula is C31H34ClFN6O3. The Balaban J connectivity index is 0.00000405. The predicted molar refractivity (Wildman–Crippen MR) is 163 cm³/mol. The third kappa shape index (κ3) is 6.56. The highest BCUT2D eigenvalue weighted by Crippen LogP contribution is 2.32. The molecule has 0 saturated carbocycles. The molecule has 3 N–H and O–H groups in total. The van der Waals surface area contributed by atoms with Crippen molar-refractivity contribution >= 4 is 35.2 Å². The van der Waals surface area contributed by atoms with Crippen LogP contribution in [0.2, 0.25) is 0 Å². The Kier molecular flexibility index (Phi) is 9.18. The summed E-state index contributed by atoms with van der Waals surface area (Å²) in [4.78, 5) is 13.0. The van der Waals surface area contributed by atoms with E-state index in [0.29, 0.717) is 29.4 Å². The van der Waals surface area contributed by atoms with Gasteiger partial charge in [-0.2, -0.15) is 10.2 Å². The van der Waals surface area contributed by atoms with E-state index >= 15 is 0 Å². The van der Waals surface area contributed by atoms with Crippen molar-refractivity contribution in [1.29, 1.82) is 0 Å². The van der Waals surface area contributed by atoms with E-state index in [-0.39, 0.29) is 31.0 Å². The zero-order valence-electron chi connectivity index (χ0n) is 23.9. The number of nitrogens with zero attached hydrogens (tertiary/aromatic N) is 4. The maximum Gasteiger partial charge on any atom is 0.320 e. The molecule has 0 radical (unpaired) electrons. The Morgan fingerprint density at radius 1 is 1.07 bits per heavy atom. The highest BCUT2D eigenvalue weighted by molar-refractivity contribution is 5.88. The molecule has 5 aromatic rings. The van der Waals surface area contributed by atoms with Crippen LogP contribution in [0.25, 0.3) is 16.6 Å². The lowest BCUT2D eigenvalue weighted by molar-refractivity contribution is 0.251. The van der Waals surface area contributed by atoms with E-state index < -0.39 is 11.8 Å². The minimum Gasteiger partial charge on any atom is -0.457 e. The minimum absolute atomic E-state index is 0. The fraction of sp³-hybridized carbons (Fsp3) is 0.258. The number of anilines is 1. The van der Waals surface area contributed by atoms with Gasteiger partial charge < -0.3 is 15.2 Å². The van der Waals surface area contributed by atoms with Gasteiger partial charge in [0.25, 0.3) is 0 Å². The molecule has 0 aliphatic carbocycles. The molecule has 0 saturated heterocycles. The van der Waals surface area contributed by atoms with Crippen LogP contribution in [-0.4, -0.2) is 37.3 Å². The summed E-state index contributed by atoms with van der Waals surface area (Å²) >= 11 is 0. The molecule has 0 aliphatic rings. The van der Waals surface area contributed by atoms with Gasteiger partial charge in [-0.15, -0.1) is 12.4 Å².